The molecule has 2 atom stereocenters. The number of nitrogens with one attached hydrogen (secondary N) is 1. The van der Waals surface area contributed by atoms with Gasteiger partial charge >= 0.3 is 10.1 Å². The van der Waals surface area contributed by atoms with Crippen molar-refractivity contribution in [2.24, 2.45) is 0 Å². The van der Waals surface area contributed by atoms with Gasteiger partial charge in [-0.25, -0.2) is 0 Å². The first-order valence-electron chi connectivity index (χ1n) is 9.28. The SMILES string of the molecule is COc1ccc2c(c1OS(C)(=O)=O)C[NH+]1CCc3cc4c(cc3C1C2)OCO4. The van der Waals surface area contributed by atoms with Crippen LogP contribution in [0.15, 0.2) is 24.3 Å². The fraction of sp³-hybridized carbons (Fsp3) is 0.400. The lowest BCUT2D eigenvalue weighted by Crippen LogP contribution is -3.13. The van der Waals surface area contributed by atoms with Gasteiger partial charge in [0.25, 0.3) is 0 Å². The number of quaternary nitrogens is 1. The van der Waals surface area contributed by atoms with Gasteiger partial charge in [-0.1, -0.05) is 6.07 Å². The average Bonchev–Trinajstić information content (AvgIpc) is 3.11. The summed E-state index contributed by atoms with van der Waals surface area (Å²) in [5, 5.41) is 0. The Morgan fingerprint density at radius 3 is 2.68 bits per heavy atom. The lowest BCUT2D eigenvalue weighted by Gasteiger charge is -2.39. The summed E-state index contributed by atoms with van der Waals surface area (Å²) in [6.07, 6.45) is 2.81. The molecule has 3 aliphatic heterocycles. The van der Waals surface area contributed by atoms with Crippen LogP contribution in [-0.4, -0.2) is 35.1 Å². The summed E-state index contributed by atoms with van der Waals surface area (Å²) in [4.78, 5) is 1.39. The summed E-state index contributed by atoms with van der Waals surface area (Å²) in [6.45, 7) is 1.93. The van der Waals surface area contributed by atoms with Crippen molar-refractivity contribution < 1.29 is 31.7 Å². The highest BCUT2D eigenvalue weighted by molar-refractivity contribution is 7.86. The van der Waals surface area contributed by atoms with Crippen LogP contribution in [0.5, 0.6) is 23.0 Å². The molecule has 2 aromatic carbocycles. The lowest BCUT2D eigenvalue weighted by atomic mass is 9.83. The van der Waals surface area contributed by atoms with E-state index in [9.17, 15) is 8.42 Å². The molecule has 8 heteroatoms. The van der Waals surface area contributed by atoms with Gasteiger partial charge in [0.15, 0.2) is 23.0 Å². The summed E-state index contributed by atoms with van der Waals surface area (Å²) in [5.41, 5.74) is 4.61. The van der Waals surface area contributed by atoms with Crippen molar-refractivity contribution in [2.75, 3.05) is 26.7 Å². The largest absolute Gasteiger partial charge is 0.493 e. The minimum Gasteiger partial charge on any atom is -0.493 e. The van der Waals surface area contributed by atoms with Gasteiger partial charge in [-0.2, -0.15) is 8.42 Å². The van der Waals surface area contributed by atoms with Crippen LogP contribution in [0.1, 0.15) is 28.3 Å². The van der Waals surface area contributed by atoms with Crippen LogP contribution in [-0.2, 0) is 29.5 Å². The van der Waals surface area contributed by atoms with Crippen molar-refractivity contribution in [3.05, 3.63) is 46.5 Å². The third kappa shape index (κ3) is 2.87. The molecule has 0 bridgehead atoms. The average molecular weight is 404 g/mol. The molecular formula is C20H22NO6S+. The molecule has 0 aromatic heterocycles. The monoisotopic (exact) mass is 404 g/mol. The molecule has 0 aliphatic carbocycles. The van der Waals surface area contributed by atoms with E-state index in [2.05, 4.69) is 12.1 Å². The van der Waals surface area contributed by atoms with Gasteiger partial charge in [-0.15, -0.1) is 0 Å². The Hall–Kier alpha value is -2.45. The Bertz CT molecular complexity index is 1060. The summed E-state index contributed by atoms with van der Waals surface area (Å²) < 4.78 is 45.4. The molecule has 0 saturated carbocycles. The minimum absolute atomic E-state index is 0.272. The van der Waals surface area contributed by atoms with Crippen molar-refractivity contribution >= 4 is 10.1 Å². The number of hydrogen-bond acceptors (Lipinski definition) is 6. The topological polar surface area (TPSA) is 75.5 Å². The highest BCUT2D eigenvalue weighted by Gasteiger charge is 2.39. The lowest BCUT2D eigenvalue weighted by molar-refractivity contribution is -0.949. The first kappa shape index (κ1) is 17.6. The first-order valence-corrected chi connectivity index (χ1v) is 11.1. The molecule has 5 rings (SSSR count). The van der Waals surface area contributed by atoms with Crippen LogP contribution in [0.2, 0.25) is 0 Å². The molecule has 7 nitrogen and oxygen atoms in total. The maximum Gasteiger partial charge on any atom is 0.306 e. The van der Waals surface area contributed by atoms with Crippen LogP contribution in [0.25, 0.3) is 0 Å². The molecule has 1 N–H and O–H groups in total. The summed E-state index contributed by atoms with van der Waals surface area (Å²) in [5.74, 6) is 2.40. The van der Waals surface area contributed by atoms with Crippen LogP contribution in [0.4, 0.5) is 0 Å². The van der Waals surface area contributed by atoms with E-state index >= 15 is 0 Å². The molecule has 3 heterocycles. The van der Waals surface area contributed by atoms with Gasteiger partial charge < -0.3 is 23.3 Å². The van der Waals surface area contributed by atoms with Gasteiger partial charge in [-0.3, -0.25) is 0 Å². The Labute approximate surface area is 163 Å². The number of hydrogen-bond donors (Lipinski definition) is 1. The smallest absolute Gasteiger partial charge is 0.306 e. The molecule has 3 aliphatic rings. The van der Waals surface area contributed by atoms with Crippen molar-refractivity contribution in [1.29, 1.82) is 0 Å². The van der Waals surface area contributed by atoms with Gasteiger partial charge in [0.2, 0.25) is 6.79 Å². The number of benzene rings is 2. The summed E-state index contributed by atoms with van der Waals surface area (Å²) >= 11 is 0. The molecule has 0 radical (unpaired) electrons. The van der Waals surface area contributed by atoms with E-state index in [0.717, 1.165) is 48.3 Å². The molecule has 0 spiro atoms. The predicted octanol–water partition coefficient (Wildman–Crippen LogP) is 1.00. The van der Waals surface area contributed by atoms with Gasteiger partial charge in [0.1, 0.15) is 12.6 Å². The van der Waals surface area contributed by atoms with E-state index in [1.54, 1.807) is 6.07 Å². The Balaban J connectivity index is 1.57. The zero-order chi connectivity index (χ0) is 19.5. The van der Waals surface area contributed by atoms with Crippen molar-refractivity contribution in [3.63, 3.8) is 0 Å². The quantitative estimate of drug-likeness (QED) is 0.770. The fourth-order valence-corrected chi connectivity index (χ4v) is 5.06. The number of fused-ring (bicyclic) bond motifs is 5. The van der Waals surface area contributed by atoms with Gasteiger partial charge in [0, 0.05) is 18.4 Å². The van der Waals surface area contributed by atoms with Crippen LogP contribution in [0.3, 0.4) is 0 Å². The minimum atomic E-state index is -3.65. The second-order valence-corrected chi connectivity index (χ2v) is 9.09. The van der Waals surface area contributed by atoms with Crippen LogP contribution >= 0.6 is 0 Å². The van der Waals surface area contributed by atoms with Gasteiger partial charge in [0.05, 0.1) is 25.5 Å². The third-order valence-electron chi connectivity index (χ3n) is 5.82. The van der Waals surface area contributed by atoms with Crippen LogP contribution < -0.4 is 23.3 Å². The second kappa shape index (κ2) is 6.28. The van der Waals surface area contributed by atoms with E-state index in [4.69, 9.17) is 18.4 Å². The number of methoxy groups -OCH3 is 1. The summed E-state index contributed by atoms with van der Waals surface area (Å²) in [6, 6.07) is 8.32. The van der Waals surface area contributed by atoms with Gasteiger partial charge in [-0.05, 0) is 29.3 Å². The molecule has 148 valence electrons. The maximum atomic E-state index is 11.8. The van der Waals surface area contributed by atoms with Crippen molar-refractivity contribution in [2.45, 2.75) is 25.4 Å². The molecule has 28 heavy (non-hydrogen) atoms. The van der Waals surface area contributed by atoms with Crippen molar-refractivity contribution in [1.82, 2.24) is 0 Å². The maximum absolute atomic E-state index is 11.8. The highest BCUT2D eigenvalue weighted by Crippen LogP contribution is 2.41. The predicted molar refractivity (Wildman–Crippen MR) is 101 cm³/mol. The van der Waals surface area contributed by atoms with Crippen molar-refractivity contribution in [3.8, 4) is 23.0 Å². The molecule has 2 aromatic rings. The fourth-order valence-electron chi connectivity index (χ4n) is 4.58. The molecule has 0 saturated heterocycles. The van der Waals surface area contributed by atoms with E-state index < -0.39 is 10.1 Å². The standard InChI is InChI=1S/C20H21NO6S/c1-24-17-4-3-12-7-16-14-9-19-18(25-11-26-19)8-13(14)5-6-21(16)10-15(12)20(17)27-28(2,22)23/h3-4,8-9,16H,5-7,10-11H2,1-2H3/p+1. The third-order valence-corrected chi connectivity index (χ3v) is 6.29. The van der Waals surface area contributed by atoms with E-state index in [1.165, 1.54) is 23.1 Å². The van der Waals surface area contributed by atoms with E-state index in [-0.39, 0.29) is 6.79 Å². The number of rotatable bonds is 3. The Morgan fingerprint density at radius 1 is 1.14 bits per heavy atom. The highest BCUT2D eigenvalue weighted by atomic mass is 32.2. The molecule has 0 fully saturated rings. The normalized spacial score (nSPS) is 22.1. The van der Waals surface area contributed by atoms with E-state index in [0.29, 0.717) is 24.1 Å². The molecular weight excluding hydrogens is 382 g/mol. The van der Waals surface area contributed by atoms with E-state index in [1.807, 2.05) is 6.07 Å². The molecule has 2 unspecified atom stereocenters. The molecule has 0 amide bonds. The Morgan fingerprint density at radius 2 is 1.93 bits per heavy atom. The zero-order valence-corrected chi connectivity index (χ0v) is 16.6. The first-order chi connectivity index (χ1) is 13.4. The second-order valence-electron chi connectivity index (χ2n) is 7.52. The van der Waals surface area contributed by atoms with Crippen LogP contribution in [0, 0.1) is 0 Å². The number of ether oxygens (including phenoxy) is 3. The Kier molecular flexibility index (Phi) is 3.96. The zero-order valence-electron chi connectivity index (χ0n) is 15.8. The summed E-state index contributed by atoms with van der Waals surface area (Å²) in [7, 11) is -2.12.